The van der Waals surface area contributed by atoms with Crippen LogP contribution in [0, 0.1) is 10.1 Å². The molecule has 0 fully saturated rings. The molecule has 5 nitrogen and oxygen atoms in total. The van der Waals surface area contributed by atoms with Crippen LogP contribution in [-0.2, 0) is 0 Å². The Morgan fingerprint density at radius 3 is 2.50 bits per heavy atom. The van der Waals surface area contributed by atoms with Gasteiger partial charge in [0.15, 0.2) is 6.21 Å². The van der Waals surface area contributed by atoms with Gasteiger partial charge in [-0.25, -0.2) is 4.58 Å². The third-order valence-corrected chi connectivity index (χ3v) is 2.37. The van der Waals surface area contributed by atoms with Crippen molar-refractivity contribution >= 4 is 17.6 Å². The van der Waals surface area contributed by atoms with Crippen molar-refractivity contribution in [1.82, 2.24) is 4.90 Å². The number of allylic oxidation sites excluding steroid dienone is 1. The summed E-state index contributed by atoms with van der Waals surface area (Å²) in [5, 5.41) is 10.8. The maximum absolute atomic E-state index is 10.8. The Kier molecular flexibility index (Phi) is 4.59. The highest BCUT2D eigenvalue weighted by Gasteiger charge is 2.10. The average Bonchev–Trinajstić information content (AvgIpc) is 2.28. The van der Waals surface area contributed by atoms with Gasteiger partial charge in [0.1, 0.15) is 14.1 Å². The van der Waals surface area contributed by atoms with Gasteiger partial charge in [-0.2, -0.15) is 0 Å². The Balaban J connectivity index is 3.22. The molecular weight excluding hydrogens is 230 g/mol. The summed E-state index contributed by atoms with van der Waals surface area (Å²) in [5.41, 5.74) is 1.85. The number of benzene rings is 1. The number of nitrogens with zero attached hydrogens (tertiary/aromatic N) is 3. The molecule has 0 aromatic heterocycles. The van der Waals surface area contributed by atoms with Crippen LogP contribution in [0.1, 0.15) is 5.56 Å². The van der Waals surface area contributed by atoms with Crippen molar-refractivity contribution in [3.63, 3.8) is 0 Å². The summed E-state index contributed by atoms with van der Waals surface area (Å²) in [7, 11) is 7.68. The minimum atomic E-state index is -0.383. The summed E-state index contributed by atoms with van der Waals surface area (Å²) in [6, 6.07) is 6.63. The van der Waals surface area contributed by atoms with Gasteiger partial charge < -0.3 is 4.90 Å². The SMILES string of the molecule is CN(C)/C(=C\C=[N+](C)C)c1cccc([N+](=O)[O-])c1. The van der Waals surface area contributed by atoms with E-state index in [2.05, 4.69) is 0 Å². The van der Waals surface area contributed by atoms with Crippen molar-refractivity contribution in [3.05, 3.63) is 46.0 Å². The van der Waals surface area contributed by atoms with Crippen LogP contribution in [0.5, 0.6) is 0 Å². The van der Waals surface area contributed by atoms with Gasteiger partial charge in [0.2, 0.25) is 0 Å². The number of non-ortho nitro benzene ring substituents is 1. The summed E-state index contributed by atoms with van der Waals surface area (Å²) in [6.45, 7) is 0. The first-order valence-electron chi connectivity index (χ1n) is 5.55. The van der Waals surface area contributed by atoms with Gasteiger partial charge in [-0.05, 0) is 0 Å². The van der Waals surface area contributed by atoms with Gasteiger partial charge in [0.25, 0.3) is 5.69 Å². The zero-order valence-corrected chi connectivity index (χ0v) is 11.1. The highest BCUT2D eigenvalue weighted by Crippen LogP contribution is 2.21. The van der Waals surface area contributed by atoms with Gasteiger partial charge in [-0.3, -0.25) is 10.1 Å². The van der Waals surface area contributed by atoms with Crippen molar-refractivity contribution in [1.29, 1.82) is 0 Å². The lowest BCUT2D eigenvalue weighted by Gasteiger charge is -2.16. The van der Waals surface area contributed by atoms with E-state index >= 15 is 0 Å². The van der Waals surface area contributed by atoms with E-state index in [1.165, 1.54) is 6.07 Å². The molecule has 0 unspecified atom stereocenters. The summed E-state index contributed by atoms with van der Waals surface area (Å²) in [6.07, 6.45) is 3.84. The Morgan fingerprint density at radius 2 is 2.00 bits per heavy atom. The molecule has 0 spiro atoms. The lowest BCUT2D eigenvalue weighted by molar-refractivity contribution is -0.458. The van der Waals surface area contributed by atoms with Crippen LogP contribution in [-0.4, -0.2) is 48.8 Å². The predicted octanol–water partition coefficient (Wildman–Crippen LogP) is 1.84. The van der Waals surface area contributed by atoms with Crippen LogP contribution >= 0.6 is 0 Å². The molecule has 0 atom stereocenters. The molecular formula is C13H18N3O2+. The molecule has 0 aliphatic carbocycles. The monoisotopic (exact) mass is 248 g/mol. The maximum Gasteiger partial charge on any atom is 0.270 e. The normalized spacial score (nSPS) is 11.0. The van der Waals surface area contributed by atoms with E-state index in [9.17, 15) is 10.1 Å². The van der Waals surface area contributed by atoms with Gasteiger partial charge in [0.05, 0.1) is 4.92 Å². The second kappa shape index (κ2) is 5.95. The van der Waals surface area contributed by atoms with Gasteiger partial charge >= 0.3 is 0 Å². The fourth-order valence-electron chi connectivity index (χ4n) is 1.50. The maximum atomic E-state index is 10.8. The number of rotatable bonds is 4. The van der Waals surface area contributed by atoms with Crippen molar-refractivity contribution < 1.29 is 9.50 Å². The Labute approximate surface area is 107 Å². The Morgan fingerprint density at radius 1 is 1.33 bits per heavy atom. The van der Waals surface area contributed by atoms with Crippen LogP contribution in [0.4, 0.5) is 5.69 Å². The molecule has 0 aliphatic rings. The third-order valence-electron chi connectivity index (χ3n) is 2.37. The molecule has 96 valence electrons. The number of nitro groups is 1. The Hall–Kier alpha value is -2.17. The standard InChI is InChI=1S/C13H18N3O2/c1-14(2)9-8-13(15(3)4)11-6-5-7-12(10-11)16(17)18/h5-10H,1-4H3/q+1. The first-order chi connectivity index (χ1) is 8.41. The number of hydrogen-bond donors (Lipinski definition) is 0. The largest absolute Gasteiger partial charge is 0.377 e. The number of nitro benzene ring substituents is 1. The topological polar surface area (TPSA) is 49.4 Å². The summed E-state index contributed by atoms with van der Waals surface area (Å²) < 4.78 is 1.92. The van der Waals surface area contributed by atoms with Crippen LogP contribution in [0.25, 0.3) is 5.70 Å². The molecule has 0 N–H and O–H groups in total. The molecule has 5 heteroatoms. The third kappa shape index (κ3) is 3.69. The zero-order valence-electron chi connectivity index (χ0n) is 11.1. The molecule has 0 heterocycles. The molecule has 18 heavy (non-hydrogen) atoms. The minimum Gasteiger partial charge on any atom is -0.377 e. The fourth-order valence-corrected chi connectivity index (χ4v) is 1.50. The van der Waals surface area contributed by atoms with Gasteiger partial charge in [-0.1, -0.05) is 12.1 Å². The summed E-state index contributed by atoms with van der Waals surface area (Å²) in [5.74, 6) is 0. The van der Waals surface area contributed by atoms with Crippen LogP contribution in [0.15, 0.2) is 30.3 Å². The zero-order chi connectivity index (χ0) is 13.7. The highest BCUT2D eigenvalue weighted by atomic mass is 16.6. The first-order valence-corrected chi connectivity index (χ1v) is 5.55. The lowest BCUT2D eigenvalue weighted by atomic mass is 10.1. The second-order valence-corrected chi connectivity index (χ2v) is 4.37. The van der Waals surface area contributed by atoms with Gasteiger partial charge in [0, 0.05) is 43.6 Å². The second-order valence-electron chi connectivity index (χ2n) is 4.37. The van der Waals surface area contributed by atoms with E-state index in [0.29, 0.717) is 0 Å². The van der Waals surface area contributed by atoms with Crippen molar-refractivity contribution in [2.24, 2.45) is 0 Å². The van der Waals surface area contributed by atoms with E-state index in [-0.39, 0.29) is 10.6 Å². The summed E-state index contributed by atoms with van der Waals surface area (Å²) in [4.78, 5) is 12.3. The van der Waals surface area contributed by atoms with E-state index in [4.69, 9.17) is 0 Å². The van der Waals surface area contributed by atoms with E-state index < -0.39 is 0 Å². The minimum absolute atomic E-state index is 0.102. The average molecular weight is 248 g/mol. The van der Waals surface area contributed by atoms with E-state index in [1.54, 1.807) is 12.1 Å². The summed E-state index contributed by atoms with van der Waals surface area (Å²) >= 11 is 0. The van der Waals surface area contributed by atoms with Crippen molar-refractivity contribution in [3.8, 4) is 0 Å². The molecule has 0 saturated heterocycles. The predicted molar refractivity (Wildman–Crippen MR) is 72.9 cm³/mol. The van der Waals surface area contributed by atoms with Crippen molar-refractivity contribution in [2.45, 2.75) is 0 Å². The molecule has 0 saturated carbocycles. The van der Waals surface area contributed by atoms with Crippen LogP contribution < -0.4 is 0 Å². The molecule has 1 aromatic rings. The molecule has 0 bridgehead atoms. The van der Waals surface area contributed by atoms with Gasteiger partial charge in [-0.15, -0.1) is 0 Å². The Bertz CT molecular complexity index is 501. The van der Waals surface area contributed by atoms with Crippen LogP contribution in [0.2, 0.25) is 0 Å². The molecule has 0 aliphatic heterocycles. The lowest BCUT2D eigenvalue weighted by Crippen LogP contribution is -2.11. The molecule has 1 aromatic carbocycles. The van der Waals surface area contributed by atoms with Crippen LogP contribution in [0.3, 0.4) is 0 Å². The first kappa shape index (κ1) is 13.9. The van der Waals surface area contributed by atoms with Crippen molar-refractivity contribution in [2.75, 3.05) is 28.2 Å². The quantitative estimate of drug-likeness (QED) is 0.353. The van der Waals surface area contributed by atoms with E-state index in [0.717, 1.165) is 11.3 Å². The molecule has 0 radical (unpaired) electrons. The molecule has 1 rings (SSSR count). The number of hydrogen-bond acceptors (Lipinski definition) is 3. The fraction of sp³-hybridized carbons (Fsp3) is 0.308. The highest BCUT2D eigenvalue weighted by molar-refractivity contribution is 5.81. The molecule has 0 amide bonds. The smallest absolute Gasteiger partial charge is 0.270 e. The van der Waals surface area contributed by atoms with E-state index in [1.807, 2.05) is 56.0 Å².